The number of hydrogen-bond acceptors (Lipinski definition) is 14. The number of phosphoric ester groups is 2. The van der Waals surface area contributed by atoms with E-state index in [4.69, 9.17) is 18.5 Å². The zero-order valence-corrected chi connectivity index (χ0v) is 42.2. The van der Waals surface area contributed by atoms with E-state index in [-0.39, 0.29) is 12.8 Å². The summed E-state index contributed by atoms with van der Waals surface area (Å²) in [4.78, 5) is 65.9. The fourth-order valence-corrected chi connectivity index (χ4v) is 9.69. The molecular weight excluding hydrogens is 898 g/mol. The number of Topliss-reactive ketones (excluding diaryl/α,β-unsaturated/α-hetero) is 1. The molecule has 1 saturated carbocycles. The second-order valence-corrected chi connectivity index (χ2v) is 20.8. The third-order valence-electron chi connectivity index (χ3n) is 12.1. The molecule has 17 nitrogen and oxygen atoms in total. The van der Waals surface area contributed by atoms with Crippen LogP contribution in [0, 0.1) is 0 Å². The fourth-order valence-electron chi connectivity index (χ4n) is 8.15. The monoisotopic (exact) mass is 989 g/mol. The Balaban J connectivity index is 2.50. The Bertz CT molecular complexity index is 1350. The quantitative estimate of drug-likeness (QED) is 0.0170. The highest BCUT2D eigenvalue weighted by Crippen LogP contribution is 2.49. The van der Waals surface area contributed by atoms with Gasteiger partial charge >= 0.3 is 27.6 Å². The van der Waals surface area contributed by atoms with Crippen LogP contribution >= 0.6 is 15.6 Å². The first kappa shape index (κ1) is 62.7. The highest BCUT2D eigenvalue weighted by molar-refractivity contribution is 7.47. The van der Waals surface area contributed by atoms with Gasteiger partial charge in [-0.1, -0.05) is 174 Å². The topological polar surface area (TPSA) is 273 Å². The van der Waals surface area contributed by atoms with Crippen molar-refractivity contribution < 1.29 is 81.7 Å². The average molecular weight is 989 g/mol. The van der Waals surface area contributed by atoms with Gasteiger partial charge in [-0.2, -0.15) is 0 Å². The molecule has 0 spiro atoms. The molecule has 1 fully saturated rings. The minimum atomic E-state index is -5.36. The molecule has 1 rings (SSSR count). The summed E-state index contributed by atoms with van der Waals surface area (Å²) in [6, 6.07) is 0. The number of aliphatic hydroxyl groups is 4. The van der Waals surface area contributed by atoms with Crippen molar-refractivity contribution in [3.05, 3.63) is 0 Å². The Morgan fingerprint density at radius 1 is 0.439 bits per heavy atom. The highest BCUT2D eigenvalue weighted by atomic mass is 31.2. The van der Waals surface area contributed by atoms with Crippen LogP contribution in [-0.4, -0.2) is 109 Å². The number of ether oxygens (including phenoxy) is 2. The molecule has 0 heterocycles. The smallest absolute Gasteiger partial charge is 0.462 e. The summed E-state index contributed by atoms with van der Waals surface area (Å²) in [6.07, 6.45) is 18.9. The zero-order valence-electron chi connectivity index (χ0n) is 40.4. The van der Waals surface area contributed by atoms with Gasteiger partial charge in [-0.05, 0) is 25.7 Å². The van der Waals surface area contributed by atoms with Crippen molar-refractivity contribution in [3.63, 3.8) is 0 Å². The standard InChI is InChI=1S/C47H90O17P2/c1-3-5-6-7-8-9-10-14-19-22-25-28-31-35-41(50)62-39(37-61-66(58,59)64-47-44(53)42(51)43(52)46(45(47)54)63-65(55,56)57)36-60-40(49)34-30-27-24-21-18-16-13-11-12-15-17-20-23-26-29-33-38(48)32-4-2/h39,42-47,51-54H,3-37H2,1-2H3,(H,58,59)(H2,55,56,57)/t39-,42+,43?,44?,45-,46-,47?/m1/s1. The van der Waals surface area contributed by atoms with E-state index in [1.807, 2.05) is 6.92 Å². The summed E-state index contributed by atoms with van der Waals surface area (Å²) < 4.78 is 49.4. The predicted octanol–water partition coefficient (Wildman–Crippen LogP) is 9.36. The lowest BCUT2D eigenvalue weighted by molar-refractivity contribution is -0.216. The first-order chi connectivity index (χ1) is 31.5. The lowest BCUT2D eigenvalue weighted by Crippen LogP contribution is -2.64. The molecule has 8 atom stereocenters. The van der Waals surface area contributed by atoms with Crippen LogP contribution in [0.4, 0.5) is 0 Å². The van der Waals surface area contributed by atoms with Crippen LogP contribution in [0.25, 0.3) is 0 Å². The van der Waals surface area contributed by atoms with E-state index in [9.17, 15) is 58.6 Å². The molecule has 0 bridgehead atoms. The Kier molecular flexibility index (Phi) is 36.5. The number of esters is 2. The van der Waals surface area contributed by atoms with E-state index in [0.29, 0.717) is 25.0 Å². The normalized spacial score (nSPS) is 21.3. The first-order valence-corrected chi connectivity index (χ1v) is 28.5. The van der Waals surface area contributed by atoms with Crippen LogP contribution in [-0.2, 0) is 46.6 Å². The van der Waals surface area contributed by atoms with E-state index in [0.717, 1.165) is 77.0 Å². The fraction of sp³-hybridized carbons (Fsp3) is 0.936. The molecule has 7 N–H and O–H groups in total. The number of carbonyl (C=O) groups is 3. The van der Waals surface area contributed by atoms with Crippen LogP contribution in [0.1, 0.15) is 226 Å². The SMILES string of the molecule is CCCCCCCCCCCCCCCC(=O)O[C@H](COC(=O)CCCCCCCCCCCCCCCCCC(=O)CCC)COP(=O)(O)OC1C(O)[C@@H](O)C(O)[C@@H](OP(=O)(O)O)[C@H]1O. The van der Waals surface area contributed by atoms with Crippen molar-refractivity contribution >= 4 is 33.4 Å². The Hall–Kier alpha value is -1.33. The summed E-state index contributed by atoms with van der Waals surface area (Å²) in [6.45, 7) is 2.91. The lowest BCUT2D eigenvalue weighted by atomic mass is 9.85. The van der Waals surface area contributed by atoms with E-state index in [2.05, 4.69) is 11.4 Å². The molecular formula is C47H90O17P2. The molecule has 0 amide bonds. The number of unbranched alkanes of at least 4 members (excludes halogenated alkanes) is 26. The Morgan fingerprint density at radius 3 is 1.23 bits per heavy atom. The molecule has 0 aromatic rings. The molecule has 1 aliphatic carbocycles. The van der Waals surface area contributed by atoms with Crippen molar-refractivity contribution in [2.75, 3.05) is 13.2 Å². The van der Waals surface area contributed by atoms with Gasteiger partial charge in [0.15, 0.2) is 6.10 Å². The molecule has 0 aromatic carbocycles. The number of hydrogen-bond donors (Lipinski definition) is 7. The zero-order chi connectivity index (χ0) is 49.1. The molecule has 4 unspecified atom stereocenters. The van der Waals surface area contributed by atoms with Crippen molar-refractivity contribution in [3.8, 4) is 0 Å². The van der Waals surface area contributed by atoms with Gasteiger partial charge in [0.1, 0.15) is 49.0 Å². The van der Waals surface area contributed by atoms with E-state index in [1.165, 1.54) is 103 Å². The summed E-state index contributed by atoms with van der Waals surface area (Å²) in [7, 11) is -10.7. The number of phosphoric acid groups is 2. The first-order valence-electron chi connectivity index (χ1n) is 25.5. The van der Waals surface area contributed by atoms with E-state index < -0.39 is 83.5 Å². The van der Waals surface area contributed by atoms with Gasteiger partial charge < -0.3 is 44.6 Å². The van der Waals surface area contributed by atoms with Crippen molar-refractivity contribution in [2.45, 2.75) is 268 Å². The van der Waals surface area contributed by atoms with Gasteiger partial charge in [0.05, 0.1) is 6.61 Å². The third-order valence-corrected chi connectivity index (χ3v) is 13.6. The second-order valence-electron chi connectivity index (χ2n) is 18.2. The van der Waals surface area contributed by atoms with Crippen LogP contribution in [0.2, 0.25) is 0 Å². The minimum Gasteiger partial charge on any atom is -0.462 e. The molecule has 390 valence electrons. The van der Waals surface area contributed by atoms with E-state index >= 15 is 0 Å². The van der Waals surface area contributed by atoms with Crippen molar-refractivity contribution in [2.24, 2.45) is 0 Å². The van der Waals surface area contributed by atoms with Gasteiger partial charge in [-0.25, -0.2) is 9.13 Å². The second kappa shape index (κ2) is 38.4. The maximum Gasteiger partial charge on any atom is 0.472 e. The molecule has 0 saturated heterocycles. The van der Waals surface area contributed by atoms with Crippen molar-refractivity contribution in [1.82, 2.24) is 0 Å². The number of aliphatic hydroxyl groups excluding tert-OH is 4. The third kappa shape index (κ3) is 32.5. The molecule has 66 heavy (non-hydrogen) atoms. The largest absolute Gasteiger partial charge is 0.472 e. The van der Waals surface area contributed by atoms with Crippen LogP contribution in [0.15, 0.2) is 0 Å². The van der Waals surface area contributed by atoms with Crippen LogP contribution in [0.3, 0.4) is 0 Å². The number of ketones is 1. The molecule has 19 heteroatoms. The molecule has 0 aromatic heterocycles. The Labute approximate surface area is 395 Å². The van der Waals surface area contributed by atoms with Crippen LogP contribution in [0.5, 0.6) is 0 Å². The summed E-state index contributed by atoms with van der Waals surface area (Å²) in [5.74, 6) is -0.816. The molecule has 0 radical (unpaired) electrons. The number of rotatable bonds is 44. The van der Waals surface area contributed by atoms with Gasteiger partial charge in [0, 0.05) is 25.7 Å². The lowest BCUT2D eigenvalue weighted by Gasteiger charge is -2.43. The Morgan fingerprint density at radius 2 is 0.818 bits per heavy atom. The maximum absolute atomic E-state index is 13.0. The average Bonchev–Trinajstić information content (AvgIpc) is 3.26. The highest BCUT2D eigenvalue weighted by Gasteiger charge is 2.54. The maximum atomic E-state index is 13.0. The molecule has 1 aliphatic rings. The summed E-state index contributed by atoms with van der Waals surface area (Å²) in [5, 5.41) is 41.3. The van der Waals surface area contributed by atoms with Gasteiger partial charge in [-0.3, -0.25) is 28.0 Å². The van der Waals surface area contributed by atoms with Crippen LogP contribution < -0.4 is 0 Å². The summed E-state index contributed by atoms with van der Waals surface area (Å²) in [5.41, 5.74) is 0. The van der Waals surface area contributed by atoms with E-state index in [1.54, 1.807) is 0 Å². The van der Waals surface area contributed by atoms with Crippen molar-refractivity contribution in [1.29, 1.82) is 0 Å². The van der Waals surface area contributed by atoms with Gasteiger partial charge in [0.25, 0.3) is 0 Å². The summed E-state index contributed by atoms with van der Waals surface area (Å²) >= 11 is 0. The van der Waals surface area contributed by atoms with Gasteiger partial charge in [-0.15, -0.1) is 0 Å². The molecule has 0 aliphatic heterocycles. The minimum absolute atomic E-state index is 0.0437. The van der Waals surface area contributed by atoms with Gasteiger partial charge in [0.2, 0.25) is 0 Å². The predicted molar refractivity (Wildman–Crippen MR) is 251 cm³/mol. The number of carbonyl (C=O) groups excluding carboxylic acids is 3.